The Kier molecular flexibility index (Phi) is 6.42. The number of nitrogens with one attached hydrogen (secondary N) is 1. The number of methoxy groups -OCH3 is 2. The van der Waals surface area contributed by atoms with Crippen LogP contribution >= 0.6 is 0 Å². The fourth-order valence-electron chi connectivity index (χ4n) is 3.51. The fourth-order valence-corrected chi connectivity index (χ4v) is 4.98. The molecule has 9 nitrogen and oxygen atoms in total. The number of benzene rings is 3. The number of ether oxygens (including phenoxy) is 3. The number of carbonyl (C=O) groups excluding carboxylic acids is 2. The van der Waals surface area contributed by atoms with Crippen molar-refractivity contribution in [1.82, 2.24) is 0 Å². The van der Waals surface area contributed by atoms with E-state index in [4.69, 9.17) is 14.2 Å². The first-order chi connectivity index (χ1) is 16.3. The van der Waals surface area contributed by atoms with E-state index in [2.05, 4.69) is 5.32 Å². The second-order valence-corrected chi connectivity index (χ2v) is 9.21. The molecular formula is C24H22N2O7S. The maximum atomic E-state index is 13.5. The summed E-state index contributed by atoms with van der Waals surface area (Å²) in [4.78, 5) is 24.9. The van der Waals surface area contributed by atoms with Gasteiger partial charge in [0.1, 0.15) is 11.5 Å². The summed E-state index contributed by atoms with van der Waals surface area (Å²) < 4.78 is 43.7. The quantitative estimate of drug-likeness (QED) is 0.538. The molecule has 34 heavy (non-hydrogen) atoms. The van der Waals surface area contributed by atoms with Crippen molar-refractivity contribution in [2.45, 2.75) is 11.0 Å². The first kappa shape index (κ1) is 23.1. The van der Waals surface area contributed by atoms with Crippen molar-refractivity contribution in [2.24, 2.45) is 0 Å². The highest BCUT2D eigenvalue weighted by atomic mass is 32.2. The zero-order valence-corrected chi connectivity index (χ0v) is 19.2. The molecule has 3 aromatic carbocycles. The van der Waals surface area contributed by atoms with Crippen LogP contribution in [0.3, 0.4) is 0 Å². The lowest BCUT2D eigenvalue weighted by Gasteiger charge is -2.34. The van der Waals surface area contributed by atoms with Crippen LogP contribution in [0, 0.1) is 0 Å². The monoisotopic (exact) mass is 482 g/mol. The van der Waals surface area contributed by atoms with E-state index in [1.165, 1.54) is 32.4 Å². The zero-order valence-electron chi connectivity index (χ0n) is 18.4. The summed E-state index contributed by atoms with van der Waals surface area (Å²) >= 11 is 0. The first-order valence-electron chi connectivity index (χ1n) is 10.2. The van der Waals surface area contributed by atoms with E-state index in [1.807, 2.05) is 0 Å². The molecule has 0 aromatic heterocycles. The molecule has 1 atom stereocenters. The minimum absolute atomic E-state index is 0.0509. The third kappa shape index (κ3) is 4.53. The normalized spacial score (nSPS) is 15.0. The number of rotatable bonds is 6. The fraction of sp³-hybridized carbons (Fsp3) is 0.167. The topological polar surface area (TPSA) is 111 Å². The Hall–Kier alpha value is -4.05. The molecule has 0 aliphatic carbocycles. The van der Waals surface area contributed by atoms with Crippen molar-refractivity contribution in [3.8, 4) is 11.5 Å². The van der Waals surface area contributed by atoms with E-state index in [-0.39, 0.29) is 22.8 Å². The number of sulfonamides is 1. The van der Waals surface area contributed by atoms with E-state index in [9.17, 15) is 18.0 Å². The first-order valence-corrected chi connectivity index (χ1v) is 11.7. The SMILES string of the molecule is COC(=O)c1cccc(NC(=O)C2CN(S(=O)(=O)c3ccc(OC)cc3)c3ccccc3O2)c1. The summed E-state index contributed by atoms with van der Waals surface area (Å²) in [7, 11) is -1.25. The van der Waals surface area contributed by atoms with Crippen LogP contribution in [0.5, 0.6) is 11.5 Å². The molecule has 1 aliphatic heterocycles. The van der Waals surface area contributed by atoms with Gasteiger partial charge in [0.15, 0.2) is 6.10 Å². The van der Waals surface area contributed by atoms with Gasteiger partial charge >= 0.3 is 5.97 Å². The van der Waals surface area contributed by atoms with Gasteiger partial charge in [-0.3, -0.25) is 9.10 Å². The van der Waals surface area contributed by atoms with Crippen molar-refractivity contribution in [3.05, 3.63) is 78.4 Å². The van der Waals surface area contributed by atoms with Gasteiger partial charge in [-0.2, -0.15) is 0 Å². The van der Waals surface area contributed by atoms with E-state index in [0.29, 0.717) is 17.1 Å². The van der Waals surface area contributed by atoms with Crippen LogP contribution in [0.25, 0.3) is 0 Å². The number of carbonyl (C=O) groups is 2. The number of esters is 1. The second kappa shape index (κ2) is 9.44. The van der Waals surface area contributed by atoms with Gasteiger partial charge in [0.25, 0.3) is 15.9 Å². The Morgan fingerprint density at radius 2 is 1.74 bits per heavy atom. The van der Waals surface area contributed by atoms with Crippen LogP contribution in [-0.2, 0) is 19.6 Å². The average Bonchev–Trinajstić information content (AvgIpc) is 2.87. The molecule has 1 heterocycles. The highest BCUT2D eigenvalue weighted by molar-refractivity contribution is 7.92. The molecule has 4 rings (SSSR count). The van der Waals surface area contributed by atoms with Crippen molar-refractivity contribution in [1.29, 1.82) is 0 Å². The molecule has 0 radical (unpaired) electrons. The average molecular weight is 483 g/mol. The van der Waals surface area contributed by atoms with Crippen LogP contribution < -0.4 is 19.1 Å². The number of nitrogens with zero attached hydrogens (tertiary/aromatic N) is 1. The second-order valence-electron chi connectivity index (χ2n) is 7.35. The Morgan fingerprint density at radius 3 is 2.44 bits per heavy atom. The lowest BCUT2D eigenvalue weighted by Crippen LogP contribution is -2.48. The number of anilines is 2. The summed E-state index contributed by atoms with van der Waals surface area (Å²) in [5.74, 6) is -0.329. The van der Waals surface area contributed by atoms with E-state index in [1.54, 1.807) is 54.6 Å². The highest BCUT2D eigenvalue weighted by Crippen LogP contribution is 2.37. The molecular weight excluding hydrogens is 460 g/mol. The molecule has 10 heteroatoms. The summed E-state index contributed by atoms with van der Waals surface area (Å²) in [6.07, 6.45) is -1.13. The number of hydrogen-bond donors (Lipinski definition) is 1. The van der Waals surface area contributed by atoms with E-state index in [0.717, 1.165) is 4.31 Å². The van der Waals surface area contributed by atoms with Crippen LogP contribution in [0.1, 0.15) is 10.4 Å². The maximum absolute atomic E-state index is 13.5. The van der Waals surface area contributed by atoms with E-state index < -0.39 is 28.0 Å². The van der Waals surface area contributed by atoms with Gasteiger partial charge < -0.3 is 19.5 Å². The molecule has 1 N–H and O–H groups in total. The molecule has 0 fully saturated rings. The lowest BCUT2D eigenvalue weighted by molar-refractivity contribution is -0.122. The summed E-state index contributed by atoms with van der Waals surface area (Å²) in [5, 5.41) is 2.68. The molecule has 176 valence electrons. The number of hydrogen-bond acceptors (Lipinski definition) is 7. The standard InChI is InChI=1S/C24H22N2O7S/c1-31-18-10-12-19(13-11-18)34(29,30)26-15-22(33-21-9-4-3-8-20(21)26)23(27)25-17-7-5-6-16(14-17)24(28)32-2/h3-14,22H,15H2,1-2H3,(H,25,27). The van der Waals surface area contributed by atoms with Crippen molar-refractivity contribution in [3.63, 3.8) is 0 Å². The summed E-state index contributed by atoms with van der Waals surface area (Å²) in [6.45, 7) is -0.242. The largest absolute Gasteiger partial charge is 0.497 e. The van der Waals surface area contributed by atoms with Gasteiger partial charge in [0.2, 0.25) is 0 Å². The summed E-state index contributed by atoms with van der Waals surface area (Å²) in [5.41, 5.74) is 0.939. The third-order valence-corrected chi connectivity index (χ3v) is 7.02. The smallest absolute Gasteiger partial charge is 0.337 e. The van der Waals surface area contributed by atoms with Crippen LogP contribution in [0.4, 0.5) is 11.4 Å². The van der Waals surface area contributed by atoms with Crippen LogP contribution in [-0.4, -0.2) is 47.2 Å². The van der Waals surface area contributed by atoms with Gasteiger partial charge in [-0.25, -0.2) is 13.2 Å². The van der Waals surface area contributed by atoms with Gasteiger partial charge in [-0.15, -0.1) is 0 Å². The number of amides is 1. The molecule has 1 aliphatic rings. The lowest BCUT2D eigenvalue weighted by atomic mass is 10.2. The molecule has 0 saturated carbocycles. The van der Waals surface area contributed by atoms with E-state index >= 15 is 0 Å². The molecule has 0 saturated heterocycles. The third-order valence-electron chi connectivity index (χ3n) is 5.23. The molecule has 1 amide bonds. The van der Waals surface area contributed by atoms with Gasteiger partial charge in [-0.05, 0) is 54.6 Å². The summed E-state index contributed by atoms with van der Waals surface area (Å²) in [6, 6.07) is 18.8. The Bertz CT molecular complexity index is 1320. The van der Waals surface area contributed by atoms with Crippen molar-refractivity contribution >= 4 is 33.3 Å². The molecule has 1 unspecified atom stereocenters. The van der Waals surface area contributed by atoms with Gasteiger partial charge in [-0.1, -0.05) is 18.2 Å². The van der Waals surface area contributed by atoms with Gasteiger partial charge in [0.05, 0.1) is 36.9 Å². The number of para-hydroxylation sites is 2. The van der Waals surface area contributed by atoms with Crippen molar-refractivity contribution < 1.29 is 32.2 Å². The Labute approximate surface area is 196 Å². The number of fused-ring (bicyclic) bond motifs is 1. The maximum Gasteiger partial charge on any atom is 0.337 e. The molecule has 0 bridgehead atoms. The predicted octanol–water partition coefficient (Wildman–Crippen LogP) is 3.08. The minimum Gasteiger partial charge on any atom is -0.497 e. The zero-order chi connectivity index (χ0) is 24.3. The predicted molar refractivity (Wildman–Crippen MR) is 125 cm³/mol. The highest BCUT2D eigenvalue weighted by Gasteiger charge is 2.37. The van der Waals surface area contributed by atoms with Crippen LogP contribution in [0.2, 0.25) is 0 Å². The van der Waals surface area contributed by atoms with Crippen molar-refractivity contribution in [2.75, 3.05) is 30.4 Å². The Morgan fingerprint density at radius 1 is 1.00 bits per heavy atom. The molecule has 3 aromatic rings. The molecule has 0 spiro atoms. The van der Waals surface area contributed by atoms with Crippen LogP contribution in [0.15, 0.2) is 77.7 Å². The Balaban J connectivity index is 1.62. The minimum atomic E-state index is -4.00. The van der Waals surface area contributed by atoms with Gasteiger partial charge in [0, 0.05) is 5.69 Å².